The van der Waals surface area contributed by atoms with Gasteiger partial charge in [0.15, 0.2) is 0 Å². The molecule has 1 atom stereocenters. The quantitative estimate of drug-likeness (QED) is 0.625. The van der Waals surface area contributed by atoms with Crippen LogP contribution in [0.2, 0.25) is 0 Å². The molecular weight excluding hydrogens is 430 g/mol. The number of piperidine rings is 1. The summed E-state index contributed by atoms with van der Waals surface area (Å²) in [6, 6.07) is 13.8. The number of aryl methyl sites for hydroxylation is 1. The van der Waals surface area contributed by atoms with Gasteiger partial charge in [-0.25, -0.2) is 0 Å². The van der Waals surface area contributed by atoms with Crippen LogP contribution in [0.25, 0.3) is 0 Å². The number of nitrogens with one attached hydrogen (secondary N) is 2. The summed E-state index contributed by atoms with van der Waals surface area (Å²) in [4.78, 5) is 40.8. The number of benzene rings is 2. The zero-order chi connectivity index (χ0) is 24.7. The van der Waals surface area contributed by atoms with E-state index in [4.69, 9.17) is 4.74 Å². The van der Waals surface area contributed by atoms with E-state index >= 15 is 0 Å². The van der Waals surface area contributed by atoms with Crippen LogP contribution in [0.1, 0.15) is 53.0 Å². The van der Waals surface area contributed by atoms with Crippen molar-refractivity contribution < 1.29 is 19.1 Å². The third kappa shape index (κ3) is 6.37. The highest BCUT2D eigenvalue weighted by Gasteiger charge is 2.34. The summed E-state index contributed by atoms with van der Waals surface area (Å²) in [5.41, 5.74) is 2.04. The Morgan fingerprint density at radius 2 is 1.68 bits per heavy atom. The van der Waals surface area contributed by atoms with Crippen LogP contribution in [0.5, 0.6) is 5.75 Å². The number of hydrogen-bond donors (Lipinski definition) is 2. The first kappa shape index (κ1) is 25.3. The average Bonchev–Trinajstić information content (AvgIpc) is 2.85. The minimum atomic E-state index is -0.649. The predicted molar refractivity (Wildman–Crippen MR) is 132 cm³/mol. The van der Waals surface area contributed by atoms with E-state index in [9.17, 15) is 14.4 Å². The fourth-order valence-corrected chi connectivity index (χ4v) is 4.21. The Hall–Kier alpha value is -3.35. The highest BCUT2D eigenvalue weighted by molar-refractivity contribution is 5.98. The second-order valence-corrected chi connectivity index (χ2v) is 9.26. The van der Waals surface area contributed by atoms with E-state index < -0.39 is 6.04 Å². The van der Waals surface area contributed by atoms with Crippen molar-refractivity contribution in [1.82, 2.24) is 15.5 Å². The summed E-state index contributed by atoms with van der Waals surface area (Å²) in [7, 11) is 1.59. The molecule has 2 aromatic carbocycles. The smallest absolute Gasteiger partial charge is 0.253 e. The zero-order valence-electron chi connectivity index (χ0n) is 20.5. The van der Waals surface area contributed by atoms with E-state index in [-0.39, 0.29) is 23.6 Å². The summed E-state index contributed by atoms with van der Waals surface area (Å²) < 4.78 is 5.17. The molecule has 34 heavy (non-hydrogen) atoms. The molecule has 1 aliphatic heterocycles. The maximum absolute atomic E-state index is 13.1. The third-order valence-corrected chi connectivity index (χ3v) is 6.28. The molecule has 0 aromatic heterocycles. The minimum Gasteiger partial charge on any atom is -0.497 e. The summed E-state index contributed by atoms with van der Waals surface area (Å²) in [5.74, 6) is 0.497. The van der Waals surface area contributed by atoms with Crippen molar-refractivity contribution in [3.05, 3.63) is 65.2 Å². The zero-order valence-corrected chi connectivity index (χ0v) is 20.5. The summed E-state index contributed by atoms with van der Waals surface area (Å²) >= 11 is 0. The van der Waals surface area contributed by atoms with E-state index in [1.54, 1.807) is 37.4 Å². The molecular formula is C27H35N3O4. The lowest BCUT2D eigenvalue weighted by Crippen LogP contribution is -2.54. The number of hydrogen-bond acceptors (Lipinski definition) is 4. The number of carbonyl (C=O) groups excluding carboxylic acids is 3. The number of carbonyl (C=O) groups is 3. The topological polar surface area (TPSA) is 87.7 Å². The highest BCUT2D eigenvalue weighted by Crippen LogP contribution is 2.24. The van der Waals surface area contributed by atoms with Gasteiger partial charge in [0.2, 0.25) is 5.91 Å². The van der Waals surface area contributed by atoms with Gasteiger partial charge in [-0.2, -0.15) is 0 Å². The monoisotopic (exact) mass is 465 g/mol. The van der Waals surface area contributed by atoms with Crippen molar-refractivity contribution in [2.24, 2.45) is 11.8 Å². The molecule has 1 heterocycles. The highest BCUT2D eigenvalue weighted by atomic mass is 16.5. The second kappa shape index (κ2) is 11.7. The van der Waals surface area contributed by atoms with Crippen molar-refractivity contribution in [2.45, 2.75) is 39.7 Å². The molecule has 0 bridgehead atoms. The number of ether oxygens (including phenoxy) is 1. The lowest BCUT2D eigenvalue weighted by Gasteiger charge is -2.36. The molecule has 182 valence electrons. The summed E-state index contributed by atoms with van der Waals surface area (Å²) in [6.45, 7) is 7.55. The van der Waals surface area contributed by atoms with Gasteiger partial charge < -0.3 is 20.3 Å². The maximum atomic E-state index is 13.1. The molecule has 2 aromatic rings. The van der Waals surface area contributed by atoms with Crippen molar-refractivity contribution in [3.63, 3.8) is 0 Å². The molecule has 0 aliphatic carbocycles. The van der Waals surface area contributed by atoms with Gasteiger partial charge in [-0.05, 0) is 67.5 Å². The molecule has 7 nitrogen and oxygen atoms in total. The molecule has 1 saturated heterocycles. The van der Waals surface area contributed by atoms with Crippen molar-refractivity contribution in [3.8, 4) is 5.75 Å². The maximum Gasteiger partial charge on any atom is 0.253 e. The fourth-order valence-electron chi connectivity index (χ4n) is 4.21. The van der Waals surface area contributed by atoms with Gasteiger partial charge in [0, 0.05) is 30.8 Å². The molecule has 7 heteroatoms. The Bertz CT molecular complexity index is 995. The average molecular weight is 466 g/mol. The standard InChI is InChI=1S/C27H35N3O4/c1-18(2)17-28-26(32)24(29-25(31)23-8-6-5-7-19(23)3)20-13-15-30(16-14-20)27(33)21-9-11-22(34-4)12-10-21/h5-12,18,20,24H,13-17H2,1-4H3,(H,28,32)(H,29,31). The van der Waals surface area contributed by atoms with Gasteiger partial charge in [-0.1, -0.05) is 32.0 Å². The van der Waals surface area contributed by atoms with Gasteiger partial charge in [0.05, 0.1) is 7.11 Å². The minimum absolute atomic E-state index is 0.0362. The molecule has 1 aliphatic rings. The predicted octanol–water partition coefficient (Wildman–Crippen LogP) is 3.43. The first-order valence-corrected chi connectivity index (χ1v) is 11.9. The number of nitrogens with zero attached hydrogens (tertiary/aromatic N) is 1. The third-order valence-electron chi connectivity index (χ3n) is 6.28. The second-order valence-electron chi connectivity index (χ2n) is 9.26. The molecule has 1 unspecified atom stereocenters. The van der Waals surface area contributed by atoms with Gasteiger partial charge in [-0.3, -0.25) is 14.4 Å². The van der Waals surface area contributed by atoms with Crippen LogP contribution < -0.4 is 15.4 Å². The van der Waals surface area contributed by atoms with Crippen LogP contribution in [-0.2, 0) is 4.79 Å². The Labute approximate surface area is 201 Å². The van der Waals surface area contributed by atoms with Crippen LogP contribution in [0.3, 0.4) is 0 Å². The van der Waals surface area contributed by atoms with E-state index in [1.165, 1.54) is 0 Å². The Balaban J connectivity index is 1.68. The normalized spacial score (nSPS) is 15.0. The molecule has 0 radical (unpaired) electrons. The first-order valence-electron chi connectivity index (χ1n) is 11.9. The van der Waals surface area contributed by atoms with Gasteiger partial charge >= 0.3 is 0 Å². The molecule has 0 saturated carbocycles. The Kier molecular flexibility index (Phi) is 8.68. The van der Waals surface area contributed by atoms with E-state index in [0.717, 1.165) is 5.56 Å². The van der Waals surface area contributed by atoms with E-state index in [0.29, 0.717) is 55.3 Å². The molecule has 3 rings (SSSR count). The van der Waals surface area contributed by atoms with E-state index in [1.807, 2.05) is 43.9 Å². The first-order chi connectivity index (χ1) is 16.3. The van der Waals surface area contributed by atoms with Crippen molar-refractivity contribution in [1.29, 1.82) is 0 Å². The number of likely N-dealkylation sites (tertiary alicyclic amines) is 1. The molecule has 1 fully saturated rings. The lowest BCUT2D eigenvalue weighted by atomic mass is 9.88. The number of amides is 3. The SMILES string of the molecule is COc1ccc(C(=O)N2CCC(C(NC(=O)c3ccccc3C)C(=O)NCC(C)C)CC2)cc1. The molecule has 0 spiro atoms. The van der Waals surface area contributed by atoms with Gasteiger partial charge in [-0.15, -0.1) is 0 Å². The van der Waals surface area contributed by atoms with E-state index in [2.05, 4.69) is 10.6 Å². The van der Waals surface area contributed by atoms with Gasteiger partial charge in [0.1, 0.15) is 11.8 Å². The molecule has 2 N–H and O–H groups in total. The van der Waals surface area contributed by atoms with Crippen LogP contribution in [0.15, 0.2) is 48.5 Å². The summed E-state index contributed by atoms with van der Waals surface area (Å²) in [6.07, 6.45) is 1.27. The Morgan fingerprint density at radius 3 is 2.26 bits per heavy atom. The van der Waals surface area contributed by atoms with Crippen LogP contribution in [0, 0.1) is 18.8 Å². The van der Waals surface area contributed by atoms with Crippen LogP contribution >= 0.6 is 0 Å². The molecule has 3 amide bonds. The van der Waals surface area contributed by atoms with Crippen LogP contribution in [-0.4, -0.2) is 55.4 Å². The van der Waals surface area contributed by atoms with Crippen LogP contribution in [0.4, 0.5) is 0 Å². The summed E-state index contributed by atoms with van der Waals surface area (Å²) in [5, 5.41) is 5.96. The number of methoxy groups -OCH3 is 1. The Morgan fingerprint density at radius 1 is 1.03 bits per heavy atom. The van der Waals surface area contributed by atoms with Crippen molar-refractivity contribution in [2.75, 3.05) is 26.7 Å². The lowest BCUT2D eigenvalue weighted by molar-refractivity contribution is -0.124. The van der Waals surface area contributed by atoms with Crippen molar-refractivity contribution >= 4 is 17.7 Å². The fraction of sp³-hybridized carbons (Fsp3) is 0.444. The largest absolute Gasteiger partial charge is 0.497 e. The number of rotatable bonds is 8. The van der Waals surface area contributed by atoms with Gasteiger partial charge in [0.25, 0.3) is 11.8 Å².